The summed E-state index contributed by atoms with van der Waals surface area (Å²) in [5.74, 6) is -1.15. The number of aryl methyl sites for hydroxylation is 2. The Morgan fingerprint density at radius 2 is 2.07 bits per heavy atom. The number of aromatic nitrogens is 4. The highest BCUT2D eigenvalue weighted by Gasteiger charge is 2.26. The number of benzene rings is 1. The van der Waals surface area contributed by atoms with Crippen molar-refractivity contribution in [2.24, 2.45) is 7.05 Å². The van der Waals surface area contributed by atoms with Crippen LogP contribution < -0.4 is 5.32 Å². The Kier molecular flexibility index (Phi) is 5.14. The van der Waals surface area contributed by atoms with Gasteiger partial charge < -0.3 is 5.32 Å². The monoisotopic (exact) mass is 406 g/mol. The van der Waals surface area contributed by atoms with Crippen molar-refractivity contribution >= 4 is 28.9 Å². The molecule has 1 aromatic carbocycles. The van der Waals surface area contributed by atoms with Gasteiger partial charge in [-0.1, -0.05) is 17.7 Å². The van der Waals surface area contributed by atoms with Gasteiger partial charge in [0.25, 0.3) is 5.91 Å². The highest BCUT2D eigenvalue weighted by molar-refractivity contribution is 6.31. The molecule has 1 amide bonds. The van der Waals surface area contributed by atoms with Crippen molar-refractivity contribution in [2.75, 3.05) is 5.32 Å². The van der Waals surface area contributed by atoms with E-state index in [1.54, 1.807) is 24.6 Å². The van der Waals surface area contributed by atoms with E-state index < -0.39 is 16.6 Å². The first-order chi connectivity index (χ1) is 13.2. The highest BCUT2D eigenvalue weighted by atomic mass is 35.5. The van der Waals surface area contributed by atoms with Gasteiger partial charge in [-0.3, -0.25) is 24.3 Å². The van der Waals surface area contributed by atoms with E-state index in [9.17, 15) is 19.3 Å². The molecular weight excluding hydrogens is 391 g/mol. The fraction of sp³-hybridized carbons (Fsp3) is 0.235. The Balaban J connectivity index is 1.88. The Hall–Kier alpha value is -3.27. The van der Waals surface area contributed by atoms with Crippen molar-refractivity contribution in [1.29, 1.82) is 0 Å². The normalized spacial score (nSPS) is 10.9. The number of carbonyl (C=O) groups is 1. The van der Waals surface area contributed by atoms with E-state index in [1.165, 1.54) is 23.9 Å². The zero-order chi connectivity index (χ0) is 20.6. The summed E-state index contributed by atoms with van der Waals surface area (Å²) < 4.78 is 16.0. The molecule has 1 N–H and O–H groups in total. The van der Waals surface area contributed by atoms with Gasteiger partial charge in [0.05, 0.1) is 28.5 Å². The molecule has 0 aliphatic rings. The van der Waals surface area contributed by atoms with Crippen LogP contribution in [0.5, 0.6) is 0 Å². The zero-order valence-corrected chi connectivity index (χ0v) is 16.0. The SMILES string of the molecule is Cc1nn(Cc2ccc(F)cc2Cl)c(C)c1NC(=O)c1nn(C)cc1[N+](=O)[O-]. The molecule has 28 heavy (non-hydrogen) atoms. The second kappa shape index (κ2) is 7.39. The van der Waals surface area contributed by atoms with Crippen molar-refractivity contribution in [1.82, 2.24) is 19.6 Å². The summed E-state index contributed by atoms with van der Waals surface area (Å²) in [4.78, 5) is 23.0. The molecule has 0 saturated carbocycles. The number of nitrogens with one attached hydrogen (secondary N) is 1. The van der Waals surface area contributed by atoms with Gasteiger partial charge in [0.1, 0.15) is 12.0 Å². The largest absolute Gasteiger partial charge is 0.320 e. The summed E-state index contributed by atoms with van der Waals surface area (Å²) in [6.45, 7) is 3.70. The Morgan fingerprint density at radius 3 is 2.71 bits per heavy atom. The number of hydrogen-bond donors (Lipinski definition) is 1. The van der Waals surface area contributed by atoms with E-state index >= 15 is 0 Å². The van der Waals surface area contributed by atoms with Gasteiger partial charge in [0, 0.05) is 12.1 Å². The molecule has 146 valence electrons. The zero-order valence-electron chi connectivity index (χ0n) is 15.2. The molecule has 11 heteroatoms. The third kappa shape index (κ3) is 3.72. The standard InChI is InChI=1S/C17H16ClFN6O3/c1-9-15(20-17(26)16-14(25(27)28)8-23(3)22-16)10(2)24(21-9)7-11-4-5-12(19)6-13(11)18/h4-6,8H,7H2,1-3H3,(H,20,26). The second-order valence-electron chi connectivity index (χ2n) is 6.19. The molecule has 0 saturated heterocycles. The predicted molar refractivity (Wildman–Crippen MR) is 100 cm³/mol. The van der Waals surface area contributed by atoms with Crippen LogP contribution in [-0.2, 0) is 13.6 Å². The molecule has 3 rings (SSSR count). The van der Waals surface area contributed by atoms with E-state index in [0.717, 1.165) is 6.20 Å². The van der Waals surface area contributed by atoms with E-state index in [-0.39, 0.29) is 22.9 Å². The van der Waals surface area contributed by atoms with Crippen LogP contribution in [0.25, 0.3) is 0 Å². The molecule has 9 nitrogen and oxygen atoms in total. The number of nitro groups is 1. The van der Waals surface area contributed by atoms with Gasteiger partial charge >= 0.3 is 5.69 Å². The number of hydrogen-bond acceptors (Lipinski definition) is 5. The number of nitrogens with zero attached hydrogens (tertiary/aromatic N) is 5. The van der Waals surface area contributed by atoms with Crippen LogP contribution in [0.15, 0.2) is 24.4 Å². The smallest absolute Gasteiger partial charge is 0.317 e. The fourth-order valence-electron chi connectivity index (χ4n) is 2.79. The van der Waals surface area contributed by atoms with Crippen LogP contribution in [0.4, 0.5) is 15.8 Å². The van der Waals surface area contributed by atoms with Crippen LogP contribution in [0, 0.1) is 29.8 Å². The van der Waals surface area contributed by atoms with Gasteiger partial charge in [0.15, 0.2) is 0 Å². The van der Waals surface area contributed by atoms with Crippen molar-refractivity contribution in [3.05, 3.63) is 68.0 Å². The first-order valence-electron chi connectivity index (χ1n) is 8.14. The number of carbonyl (C=O) groups excluding carboxylic acids is 1. The molecule has 2 heterocycles. The Labute approximate surface area is 163 Å². The molecular formula is C17H16ClFN6O3. The molecule has 2 aromatic heterocycles. The van der Waals surface area contributed by atoms with E-state index in [0.29, 0.717) is 22.6 Å². The minimum Gasteiger partial charge on any atom is -0.317 e. The fourth-order valence-corrected chi connectivity index (χ4v) is 3.01. The minimum atomic E-state index is -0.710. The number of rotatable bonds is 5. The average molecular weight is 407 g/mol. The Bertz CT molecular complexity index is 1090. The lowest BCUT2D eigenvalue weighted by Crippen LogP contribution is -2.15. The summed E-state index contributed by atoms with van der Waals surface area (Å²) in [5, 5.41) is 22.2. The van der Waals surface area contributed by atoms with Gasteiger partial charge in [-0.05, 0) is 31.5 Å². The molecule has 0 unspecified atom stereocenters. The van der Waals surface area contributed by atoms with Gasteiger partial charge in [-0.2, -0.15) is 10.2 Å². The van der Waals surface area contributed by atoms with Crippen molar-refractivity contribution in [3.63, 3.8) is 0 Å². The van der Waals surface area contributed by atoms with Crippen LogP contribution in [0.2, 0.25) is 5.02 Å². The number of amides is 1. The van der Waals surface area contributed by atoms with Gasteiger partial charge in [-0.25, -0.2) is 4.39 Å². The lowest BCUT2D eigenvalue weighted by Gasteiger charge is -2.08. The quantitative estimate of drug-likeness (QED) is 0.517. The van der Waals surface area contributed by atoms with E-state index in [4.69, 9.17) is 11.6 Å². The lowest BCUT2D eigenvalue weighted by atomic mass is 10.2. The van der Waals surface area contributed by atoms with Crippen molar-refractivity contribution < 1.29 is 14.1 Å². The molecule has 0 radical (unpaired) electrons. The highest BCUT2D eigenvalue weighted by Crippen LogP contribution is 2.25. The molecule has 0 aliphatic heterocycles. The van der Waals surface area contributed by atoms with Crippen LogP contribution in [0.1, 0.15) is 27.4 Å². The second-order valence-corrected chi connectivity index (χ2v) is 6.59. The van der Waals surface area contributed by atoms with Crippen LogP contribution in [-0.4, -0.2) is 30.4 Å². The summed E-state index contributed by atoms with van der Waals surface area (Å²) in [6.07, 6.45) is 1.16. The molecule has 0 spiro atoms. The first-order valence-corrected chi connectivity index (χ1v) is 8.52. The third-order valence-electron chi connectivity index (χ3n) is 4.18. The lowest BCUT2D eigenvalue weighted by molar-refractivity contribution is -0.385. The number of anilines is 1. The summed E-state index contributed by atoms with van der Waals surface area (Å²) >= 11 is 6.07. The van der Waals surface area contributed by atoms with E-state index in [1.807, 2.05) is 0 Å². The van der Waals surface area contributed by atoms with Crippen molar-refractivity contribution in [2.45, 2.75) is 20.4 Å². The summed E-state index contributed by atoms with van der Waals surface area (Å²) in [5.41, 5.74) is 1.53. The van der Waals surface area contributed by atoms with Crippen LogP contribution in [0.3, 0.4) is 0 Å². The maximum absolute atomic E-state index is 13.2. The molecule has 0 aliphatic carbocycles. The van der Waals surface area contributed by atoms with E-state index in [2.05, 4.69) is 15.5 Å². The predicted octanol–water partition coefficient (Wildman–Crippen LogP) is 3.23. The topological polar surface area (TPSA) is 108 Å². The van der Waals surface area contributed by atoms with Gasteiger partial charge in [0.2, 0.25) is 5.69 Å². The first kappa shape index (κ1) is 19.5. The molecule has 0 fully saturated rings. The molecule has 3 aromatic rings. The minimum absolute atomic E-state index is 0.266. The van der Waals surface area contributed by atoms with Crippen molar-refractivity contribution in [3.8, 4) is 0 Å². The molecule has 0 atom stereocenters. The maximum Gasteiger partial charge on any atom is 0.320 e. The summed E-state index contributed by atoms with van der Waals surface area (Å²) in [7, 11) is 1.49. The number of halogens is 2. The third-order valence-corrected chi connectivity index (χ3v) is 4.53. The maximum atomic E-state index is 13.2. The van der Waals surface area contributed by atoms with Gasteiger partial charge in [-0.15, -0.1) is 0 Å². The Morgan fingerprint density at radius 1 is 1.36 bits per heavy atom. The summed E-state index contributed by atoms with van der Waals surface area (Å²) in [6, 6.07) is 4.07. The average Bonchev–Trinajstić information content (AvgIpc) is 3.13. The molecule has 0 bridgehead atoms. The van der Waals surface area contributed by atoms with Crippen LogP contribution >= 0.6 is 11.6 Å².